The van der Waals surface area contributed by atoms with Crippen LogP contribution in [0.4, 0.5) is 29.5 Å². The standard InChI is InChI=1S/C23H23F3N4O4/c1-2-4-14-11-17-21(27-12-14)30(13-19(31)28-17)22(32)29-20(18-5-3-10-33-18)15-6-8-16(9-7-15)34-23(24,25)26/h2,6-9,11-12,18,20H,1,3-5,10,13H2,(H,28,31)(H,29,32). The van der Waals surface area contributed by atoms with Crippen LogP contribution in [0.25, 0.3) is 0 Å². The summed E-state index contributed by atoms with van der Waals surface area (Å²) in [5, 5.41) is 5.60. The Hall–Kier alpha value is -3.60. The molecule has 2 atom stereocenters. The molecule has 1 aromatic heterocycles. The van der Waals surface area contributed by atoms with Gasteiger partial charge in [0.1, 0.15) is 12.3 Å². The SMILES string of the molecule is C=CCc1cnc2c(c1)NC(=O)CN2C(=O)NC(c1ccc(OC(F)(F)F)cc1)C1CCCO1. The van der Waals surface area contributed by atoms with Gasteiger partial charge in [0.2, 0.25) is 5.91 Å². The summed E-state index contributed by atoms with van der Waals surface area (Å²) in [6.07, 6.45) is 0.132. The highest BCUT2D eigenvalue weighted by Gasteiger charge is 2.35. The maximum atomic E-state index is 13.3. The lowest BCUT2D eigenvalue weighted by Gasteiger charge is -2.32. The maximum Gasteiger partial charge on any atom is 0.573 e. The summed E-state index contributed by atoms with van der Waals surface area (Å²) >= 11 is 0. The Labute approximate surface area is 193 Å². The van der Waals surface area contributed by atoms with E-state index in [1.165, 1.54) is 29.2 Å². The molecule has 1 saturated heterocycles. The fourth-order valence-corrected chi connectivity index (χ4v) is 4.01. The molecule has 2 N–H and O–H groups in total. The molecule has 3 heterocycles. The van der Waals surface area contributed by atoms with E-state index in [9.17, 15) is 22.8 Å². The fourth-order valence-electron chi connectivity index (χ4n) is 4.01. The minimum absolute atomic E-state index is 0.233. The van der Waals surface area contributed by atoms with Gasteiger partial charge in [0.15, 0.2) is 5.82 Å². The molecule has 0 aliphatic carbocycles. The Bertz CT molecular complexity index is 1070. The highest BCUT2D eigenvalue weighted by atomic mass is 19.4. The number of halogens is 3. The number of urea groups is 1. The summed E-state index contributed by atoms with van der Waals surface area (Å²) in [5.74, 6) is -0.442. The van der Waals surface area contributed by atoms with Crippen molar-refractivity contribution >= 4 is 23.4 Å². The van der Waals surface area contributed by atoms with Crippen LogP contribution in [0.3, 0.4) is 0 Å². The third-order valence-corrected chi connectivity index (χ3v) is 5.47. The van der Waals surface area contributed by atoms with Gasteiger partial charge < -0.3 is 20.1 Å². The molecule has 8 nitrogen and oxygen atoms in total. The Morgan fingerprint density at radius 1 is 1.38 bits per heavy atom. The molecular weight excluding hydrogens is 453 g/mol. The first-order valence-corrected chi connectivity index (χ1v) is 10.7. The predicted molar refractivity (Wildman–Crippen MR) is 117 cm³/mol. The van der Waals surface area contributed by atoms with Crippen molar-refractivity contribution in [1.29, 1.82) is 0 Å². The molecule has 2 aromatic rings. The van der Waals surface area contributed by atoms with E-state index in [0.29, 0.717) is 36.5 Å². The van der Waals surface area contributed by atoms with E-state index < -0.39 is 18.4 Å². The number of rotatable bonds is 6. The molecule has 2 aliphatic heterocycles. The highest BCUT2D eigenvalue weighted by molar-refractivity contribution is 6.08. The average Bonchev–Trinajstić information content (AvgIpc) is 3.31. The van der Waals surface area contributed by atoms with Gasteiger partial charge in [0.05, 0.1) is 17.8 Å². The summed E-state index contributed by atoms with van der Waals surface area (Å²) in [5.41, 5.74) is 1.79. The van der Waals surface area contributed by atoms with Crippen molar-refractivity contribution in [2.24, 2.45) is 0 Å². The van der Waals surface area contributed by atoms with Crippen molar-refractivity contribution in [2.45, 2.75) is 37.8 Å². The van der Waals surface area contributed by atoms with E-state index in [2.05, 4.69) is 26.9 Å². The lowest BCUT2D eigenvalue weighted by molar-refractivity contribution is -0.274. The van der Waals surface area contributed by atoms with Crippen LogP contribution in [0.15, 0.2) is 49.2 Å². The number of nitrogens with one attached hydrogen (secondary N) is 2. The van der Waals surface area contributed by atoms with Gasteiger partial charge in [-0.1, -0.05) is 18.2 Å². The van der Waals surface area contributed by atoms with Crippen molar-refractivity contribution < 1.29 is 32.2 Å². The van der Waals surface area contributed by atoms with Crippen molar-refractivity contribution in [3.63, 3.8) is 0 Å². The number of benzene rings is 1. The second-order valence-corrected chi connectivity index (χ2v) is 7.94. The van der Waals surface area contributed by atoms with Gasteiger partial charge in [-0.15, -0.1) is 19.8 Å². The number of fused-ring (bicyclic) bond motifs is 1. The van der Waals surface area contributed by atoms with Crippen molar-refractivity contribution in [2.75, 3.05) is 23.4 Å². The molecule has 0 radical (unpaired) electrons. The molecule has 1 aromatic carbocycles. The molecule has 3 amide bonds. The van der Waals surface area contributed by atoms with Crippen molar-refractivity contribution in [3.8, 4) is 5.75 Å². The first-order valence-electron chi connectivity index (χ1n) is 10.7. The normalized spacial score (nSPS) is 18.6. The number of hydrogen-bond acceptors (Lipinski definition) is 5. The number of carbonyl (C=O) groups is 2. The number of hydrogen-bond donors (Lipinski definition) is 2. The number of carbonyl (C=O) groups excluding carboxylic acids is 2. The van der Waals surface area contributed by atoms with Crippen LogP contribution in [0.5, 0.6) is 5.75 Å². The number of anilines is 2. The molecule has 180 valence electrons. The molecule has 34 heavy (non-hydrogen) atoms. The second-order valence-electron chi connectivity index (χ2n) is 7.94. The van der Waals surface area contributed by atoms with E-state index in [0.717, 1.165) is 12.0 Å². The Morgan fingerprint density at radius 2 is 2.15 bits per heavy atom. The zero-order valence-corrected chi connectivity index (χ0v) is 18.1. The van der Waals surface area contributed by atoms with E-state index in [1.54, 1.807) is 18.3 Å². The molecule has 0 bridgehead atoms. The number of ether oxygens (including phenoxy) is 2. The van der Waals surface area contributed by atoms with Gasteiger partial charge in [-0.05, 0) is 48.6 Å². The highest BCUT2D eigenvalue weighted by Crippen LogP contribution is 2.32. The lowest BCUT2D eigenvalue weighted by Crippen LogP contribution is -2.50. The van der Waals surface area contributed by atoms with Crippen molar-refractivity contribution in [1.82, 2.24) is 10.3 Å². The molecule has 11 heteroatoms. The molecule has 0 saturated carbocycles. The van der Waals surface area contributed by atoms with E-state index in [-0.39, 0.29) is 24.3 Å². The molecule has 2 unspecified atom stereocenters. The molecule has 2 aliphatic rings. The largest absolute Gasteiger partial charge is 0.573 e. The quantitative estimate of drug-likeness (QED) is 0.613. The van der Waals surface area contributed by atoms with Crippen LogP contribution < -0.4 is 20.3 Å². The first kappa shape index (κ1) is 23.6. The topological polar surface area (TPSA) is 92.8 Å². The number of nitrogens with zero attached hydrogens (tertiary/aromatic N) is 2. The van der Waals surface area contributed by atoms with Gasteiger partial charge >= 0.3 is 12.4 Å². The van der Waals surface area contributed by atoms with Crippen molar-refractivity contribution in [3.05, 3.63) is 60.3 Å². The van der Waals surface area contributed by atoms with Gasteiger partial charge in [-0.25, -0.2) is 9.78 Å². The van der Waals surface area contributed by atoms with E-state index in [1.807, 2.05) is 0 Å². The zero-order valence-electron chi connectivity index (χ0n) is 18.1. The number of amides is 3. The molecule has 0 spiro atoms. The number of alkyl halides is 3. The van der Waals surface area contributed by atoms with Crippen LogP contribution >= 0.6 is 0 Å². The smallest absolute Gasteiger partial charge is 0.406 e. The summed E-state index contributed by atoms with van der Waals surface area (Å²) in [4.78, 5) is 31.1. The maximum absolute atomic E-state index is 13.3. The Balaban J connectivity index is 1.57. The third kappa shape index (κ3) is 5.48. The van der Waals surface area contributed by atoms with E-state index in [4.69, 9.17) is 4.74 Å². The molecule has 4 rings (SSSR count). The van der Waals surface area contributed by atoms with Crippen LogP contribution in [0.1, 0.15) is 30.0 Å². The van der Waals surface area contributed by atoms with Crippen LogP contribution in [0, 0.1) is 0 Å². The summed E-state index contributed by atoms with van der Waals surface area (Å²) in [6, 6.07) is 5.78. The van der Waals surface area contributed by atoms with Gasteiger partial charge in [0.25, 0.3) is 0 Å². The van der Waals surface area contributed by atoms with E-state index >= 15 is 0 Å². The minimum atomic E-state index is -4.80. The first-order chi connectivity index (χ1) is 16.2. The third-order valence-electron chi connectivity index (χ3n) is 5.47. The monoisotopic (exact) mass is 476 g/mol. The number of allylic oxidation sites excluding steroid dienone is 1. The minimum Gasteiger partial charge on any atom is -0.406 e. The van der Waals surface area contributed by atoms with Gasteiger partial charge in [-0.2, -0.15) is 0 Å². The fraction of sp³-hybridized carbons (Fsp3) is 0.348. The Morgan fingerprint density at radius 3 is 2.79 bits per heavy atom. The number of aromatic nitrogens is 1. The summed E-state index contributed by atoms with van der Waals surface area (Å²) in [7, 11) is 0. The van der Waals surface area contributed by atoms with Crippen LogP contribution in [0.2, 0.25) is 0 Å². The Kier molecular flexibility index (Phi) is 6.73. The second kappa shape index (κ2) is 9.72. The zero-order chi connectivity index (χ0) is 24.3. The number of pyridine rings is 1. The summed E-state index contributed by atoms with van der Waals surface area (Å²) in [6.45, 7) is 3.96. The van der Waals surface area contributed by atoms with Crippen LogP contribution in [-0.2, 0) is 16.0 Å². The lowest BCUT2D eigenvalue weighted by atomic mass is 9.99. The molecular formula is C23H23F3N4O4. The van der Waals surface area contributed by atoms with Crippen LogP contribution in [-0.4, -0.2) is 42.5 Å². The molecule has 1 fully saturated rings. The average molecular weight is 476 g/mol. The van der Waals surface area contributed by atoms with Gasteiger partial charge in [0, 0.05) is 12.8 Å². The summed E-state index contributed by atoms with van der Waals surface area (Å²) < 4.78 is 47.2. The van der Waals surface area contributed by atoms with Gasteiger partial charge in [-0.3, -0.25) is 9.69 Å². The predicted octanol–water partition coefficient (Wildman–Crippen LogP) is 4.10.